The summed E-state index contributed by atoms with van der Waals surface area (Å²) in [7, 11) is 0. The average molecular weight is 205 g/mol. The number of benzene rings is 1. The van der Waals surface area contributed by atoms with E-state index >= 15 is 0 Å². The van der Waals surface area contributed by atoms with E-state index in [1.807, 2.05) is 0 Å². The molecule has 1 aliphatic heterocycles. The van der Waals surface area contributed by atoms with E-state index < -0.39 is 0 Å². The first kappa shape index (κ1) is 10.5. The predicted molar refractivity (Wildman–Crippen MR) is 62.4 cm³/mol. The molecule has 0 aromatic heterocycles. The molecule has 1 aliphatic rings. The highest BCUT2D eigenvalue weighted by Crippen LogP contribution is 2.35. The first-order valence-corrected chi connectivity index (χ1v) is 5.69. The van der Waals surface area contributed by atoms with Crippen LogP contribution in [-0.4, -0.2) is 13.2 Å². The number of fused-ring (bicyclic) bond motifs is 1. The number of hydrogen-bond acceptors (Lipinski definition) is 2. The maximum Gasteiger partial charge on any atom is 0.127 e. The third-order valence-corrected chi connectivity index (χ3v) is 2.86. The van der Waals surface area contributed by atoms with E-state index in [1.165, 1.54) is 16.7 Å². The molecule has 0 amide bonds. The molecule has 0 saturated carbocycles. The van der Waals surface area contributed by atoms with Gasteiger partial charge in [0.2, 0.25) is 0 Å². The Morgan fingerprint density at radius 3 is 2.93 bits per heavy atom. The molecule has 0 spiro atoms. The monoisotopic (exact) mass is 205 g/mol. The van der Waals surface area contributed by atoms with Crippen molar-refractivity contribution in [3.63, 3.8) is 0 Å². The van der Waals surface area contributed by atoms with Crippen LogP contribution in [-0.2, 0) is 0 Å². The van der Waals surface area contributed by atoms with Crippen LogP contribution in [0.25, 0.3) is 0 Å². The Labute approximate surface area is 91.6 Å². The van der Waals surface area contributed by atoms with E-state index in [0.29, 0.717) is 6.04 Å². The van der Waals surface area contributed by atoms with Gasteiger partial charge in [-0.25, -0.2) is 0 Å². The standard InChI is InChI=1S/C13H19NO/c1-4-5-14-12-8-15-13-10(3)6-9(2)7-11(12)13/h6-7,12,14H,4-5,8H2,1-3H3. The van der Waals surface area contributed by atoms with Crippen LogP contribution in [0.4, 0.5) is 0 Å². The van der Waals surface area contributed by atoms with Gasteiger partial charge in [-0.05, 0) is 32.4 Å². The van der Waals surface area contributed by atoms with Crippen LogP contribution in [0.5, 0.6) is 5.75 Å². The lowest BCUT2D eigenvalue weighted by molar-refractivity contribution is 0.310. The van der Waals surface area contributed by atoms with Gasteiger partial charge in [-0.3, -0.25) is 0 Å². The number of ether oxygens (including phenoxy) is 1. The van der Waals surface area contributed by atoms with Gasteiger partial charge in [0.1, 0.15) is 12.4 Å². The molecule has 82 valence electrons. The van der Waals surface area contributed by atoms with Crippen LogP contribution in [0.3, 0.4) is 0 Å². The summed E-state index contributed by atoms with van der Waals surface area (Å²) in [6.07, 6.45) is 1.16. The van der Waals surface area contributed by atoms with Crippen molar-refractivity contribution in [2.75, 3.05) is 13.2 Å². The Bertz CT molecular complexity index is 360. The van der Waals surface area contributed by atoms with Crippen molar-refractivity contribution in [1.29, 1.82) is 0 Å². The van der Waals surface area contributed by atoms with Gasteiger partial charge < -0.3 is 10.1 Å². The van der Waals surface area contributed by atoms with Crippen molar-refractivity contribution in [2.24, 2.45) is 0 Å². The molecule has 15 heavy (non-hydrogen) atoms. The fraction of sp³-hybridized carbons (Fsp3) is 0.538. The molecule has 0 radical (unpaired) electrons. The second kappa shape index (κ2) is 4.23. The highest BCUT2D eigenvalue weighted by molar-refractivity contribution is 5.47. The number of rotatable bonds is 3. The van der Waals surface area contributed by atoms with Crippen LogP contribution in [0, 0.1) is 13.8 Å². The molecule has 0 bridgehead atoms. The average Bonchev–Trinajstić information content (AvgIpc) is 2.58. The number of nitrogens with one attached hydrogen (secondary N) is 1. The van der Waals surface area contributed by atoms with Gasteiger partial charge in [0.15, 0.2) is 0 Å². The molecule has 2 nitrogen and oxygen atoms in total. The molecule has 1 aromatic rings. The summed E-state index contributed by atoms with van der Waals surface area (Å²) in [4.78, 5) is 0. The summed E-state index contributed by atoms with van der Waals surface area (Å²) in [5, 5.41) is 3.52. The van der Waals surface area contributed by atoms with Crippen molar-refractivity contribution in [3.05, 3.63) is 28.8 Å². The molecule has 1 unspecified atom stereocenters. The zero-order valence-corrected chi connectivity index (χ0v) is 9.76. The SMILES string of the molecule is CCCNC1COc2c(C)cc(C)cc21. The number of aryl methyl sites for hydroxylation is 2. The van der Waals surface area contributed by atoms with Crippen molar-refractivity contribution in [1.82, 2.24) is 5.32 Å². The van der Waals surface area contributed by atoms with Gasteiger partial charge in [-0.2, -0.15) is 0 Å². The molecule has 1 heterocycles. The first-order chi connectivity index (χ1) is 7.22. The van der Waals surface area contributed by atoms with Crippen LogP contribution >= 0.6 is 0 Å². The fourth-order valence-electron chi connectivity index (χ4n) is 2.19. The molecule has 0 fully saturated rings. The molecule has 0 saturated heterocycles. The lowest BCUT2D eigenvalue weighted by Crippen LogP contribution is -2.23. The van der Waals surface area contributed by atoms with Gasteiger partial charge in [0.05, 0.1) is 6.04 Å². The second-order valence-electron chi connectivity index (χ2n) is 4.32. The third-order valence-electron chi connectivity index (χ3n) is 2.86. The van der Waals surface area contributed by atoms with Gasteiger partial charge >= 0.3 is 0 Å². The van der Waals surface area contributed by atoms with E-state index in [2.05, 4.69) is 38.2 Å². The normalized spacial score (nSPS) is 18.7. The highest BCUT2D eigenvalue weighted by Gasteiger charge is 2.24. The second-order valence-corrected chi connectivity index (χ2v) is 4.32. The molecular formula is C13H19NO. The lowest BCUT2D eigenvalue weighted by atomic mass is 10.0. The van der Waals surface area contributed by atoms with Gasteiger partial charge in [-0.15, -0.1) is 0 Å². The van der Waals surface area contributed by atoms with Crippen molar-refractivity contribution in [3.8, 4) is 5.75 Å². The largest absolute Gasteiger partial charge is 0.491 e. The summed E-state index contributed by atoms with van der Waals surface area (Å²) >= 11 is 0. The Hall–Kier alpha value is -1.02. The van der Waals surface area contributed by atoms with E-state index in [9.17, 15) is 0 Å². The Morgan fingerprint density at radius 2 is 2.20 bits per heavy atom. The lowest BCUT2D eigenvalue weighted by Gasteiger charge is -2.11. The smallest absolute Gasteiger partial charge is 0.127 e. The third kappa shape index (κ3) is 2.00. The van der Waals surface area contributed by atoms with E-state index in [4.69, 9.17) is 4.74 Å². The summed E-state index contributed by atoms with van der Waals surface area (Å²) in [5.41, 5.74) is 3.91. The highest BCUT2D eigenvalue weighted by atomic mass is 16.5. The van der Waals surface area contributed by atoms with Crippen LogP contribution in [0.15, 0.2) is 12.1 Å². The minimum atomic E-state index is 0.388. The van der Waals surface area contributed by atoms with Crippen molar-refractivity contribution in [2.45, 2.75) is 33.2 Å². The molecule has 1 atom stereocenters. The Balaban J connectivity index is 2.25. The molecule has 1 N–H and O–H groups in total. The van der Waals surface area contributed by atoms with Gasteiger partial charge in [-0.1, -0.05) is 24.6 Å². The zero-order chi connectivity index (χ0) is 10.8. The maximum absolute atomic E-state index is 5.73. The predicted octanol–water partition coefficient (Wildman–Crippen LogP) is 2.74. The Morgan fingerprint density at radius 1 is 1.40 bits per heavy atom. The van der Waals surface area contributed by atoms with Crippen molar-refractivity contribution < 1.29 is 4.74 Å². The molecule has 0 aliphatic carbocycles. The minimum Gasteiger partial charge on any atom is -0.491 e. The Kier molecular flexibility index (Phi) is 2.96. The zero-order valence-electron chi connectivity index (χ0n) is 9.76. The quantitative estimate of drug-likeness (QED) is 0.819. The molecular weight excluding hydrogens is 186 g/mol. The van der Waals surface area contributed by atoms with Crippen molar-refractivity contribution >= 4 is 0 Å². The summed E-state index contributed by atoms with van der Waals surface area (Å²) in [5.74, 6) is 1.09. The molecule has 1 aromatic carbocycles. The van der Waals surface area contributed by atoms with E-state index in [0.717, 1.165) is 25.3 Å². The van der Waals surface area contributed by atoms with E-state index in [-0.39, 0.29) is 0 Å². The minimum absolute atomic E-state index is 0.388. The fourth-order valence-corrected chi connectivity index (χ4v) is 2.19. The summed E-state index contributed by atoms with van der Waals surface area (Å²) in [6.45, 7) is 8.28. The first-order valence-electron chi connectivity index (χ1n) is 5.69. The summed E-state index contributed by atoms with van der Waals surface area (Å²) < 4.78 is 5.73. The van der Waals surface area contributed by atoms with Gasteiger partial charge in [0, 0.05) is 5.56 Å². The van der Waals surface area contributed by atoms with Crippen LogP contribution in [0.2, 0.25) is 0 Å². The molecule has 2 heteroatoms. The summed E-state index contributed by atoms with van der Waals surface area (Å²) in [6, 6.07) is 4.81. The van der Waals surface area contributed by atoms with Gasteiger partial charge in [0.25, 0.3) is 0 Å². The maximum atomic E-state index is 5.73. The van der Waals surface area contributed by atoms with Crippen LogP contribution in [0.1, 0.15) is 36.1 Å². The number of hydrogen-bond donors (Lipinski definition) is 1. The molecule has 2 rings (SSSR count). The van der Waals surface area contributed by atoms with Crippen LogP contribution < -0.4 is 10.1 Å². The topological polar surface area (TPSA) is 21.3 Å². The van der Waals surface area contributed by atoms with E-state index in [1.54, 1.807) is 0 Å².